The van der Waals surface area contributed by atoms with E-state index in [4.69, 9.17) is 20.8 Å². The third kappa shape index (κ3) is 3.11. The zero-order chi connectivity index (χ0) is 13.8. The number of hydrogen-bond donors (Lipinski definition) is 1. The van der Waals surface area contributed by atoms with Gasteiger partial charge in [-0.1, -0.05) is 19.1 Å². The second kappa shape index (κ2) is 6.13. The standard InChI is InChI=1S/C15H18ClNO2/c1-4-17-15(13-7-8-14(16)19-13)11-5-6-12(18-3)10(2)9-11/h5-9,15,17H,4H2,1-3H3. The van der Waals surface area contributed by atoms with E-state index in [2.05, 4.69) is 18.3 Å². The van der Waals surface area contributed by atoms with E-state index < -0.39 is 0 Å². The van der Waals surface area contributed by atoms with Gasteiger partial charge in [0.1, 0.15) is 11.5 Å². The Labute approximate surface area is 118 Å². The van der Waals surface area contributed by atoms with Crippen LogP contribution in [0.5, 0.6) is 5.75 Å². The fourth-order valence-corrected chi connectivity index (χ4v) is 2.30. The quantitative estimate of drug-likeness (QED) is 0.900. The summed E-state index contributed by atoms with van der Waals surface area (Å²) in [6.45, 7) is 4.93. The zero-order valence-electron chi connectivity index (χ0n) is 11.4. The Bertz CT molecular complexity index is 551. The monoisotopic (exact) mass is 279 g/mol. The third-order valence-corrected chi connectivity index (χ3v) is 3.24. The molecule has 0 bridgehead atoms. The first-order chi connectivity index (χ1) is 9.15. The Hall–Kier alpha value is -1.45. The van der Waals surface area contributed by atoms with Crippen LogP contribution in [0.3, 0.4) is 0 Å². The molecule has 0 fully saturated rings. The lowest BCUT2D eigenvalue weighted by Gasteiger charge is -2.17. The summed E-state index contributed by atoms with van der Waals surface area (Å²) in [5.74, 6) is 1.70. The number of furan rings is 1. The van der Waals surface area contributed by atoms with Gasteiger partial charge < -0.3 is 14.5 Å². The number of aryl methyl sites for hydroxylation is 1. The van der Waals surface area contributed by atoms with Crippen LogP contribution < -0.4 is 10.1 Å². The Morgan fingerprint density at radius 3 is 2.63 bits per heavy atom. The Kier molecular flexibility index (Phi) is 4.51. The van der Waals surface area contributed by atoms with E-state index >= 15 is 0 Å². The number of nitrogens with one attached hydrogen (secondary N) is 1. The highest BCUT2D eigenvalue weighted by Gasteiger charge is 2.17. The summed E-state index contributed by atoms with van der Waals surface area (Å²) in [5.41, 5.74) is 2.23. The Balaban J connectivity index is 2.36. The van der Waals surface area contributed by atoms with Gasteiger partial charge in [0.15, 0.2) is 5.22 Å². The average Bonchev–Trinajstić information content (AvgIpc) is 2.82. The van der Waals surface area contributed by atoms with Crippen LogP contribution in [0.1, 0.15) is 29.9 Å². The molecule has 0 spiro atoms. The topological polar surface area (TPSA) is 34.4 Å². The molecule has 0 aliphatic heterocycles. The zero-order valence-corrected chi connectivity index (χ0v) is 12.1. The lowest BCUT2D eigenvalue weighted by Crippen LogP contribution is -2.21. The van der Waals surface area contributed by atoms with Gasteiger partial charge in [0.05, 0.1) is 13.2 Å². The van der Waals surface area contributed by atoms with Crippen LogP contribution in [-0.4, -0.2) is 13.7 Å². The van der Waals surface area contributed by atoms with Crippen molar-refractivity contribution in [1.29, 1.82) is 0 Å². The van der Waals surface area contributed by atoms with Gasteiger partial charge >= 0.3 is 0 Å². The number of halogens is 1. The number of benzene rings is 1. The van der Waals surface area contributed by atoms with E-state index in [9.17, 15) is 0 Å². The van der Waals surface area contributed by atoms with Gasteiger partial charge in [0, 0.05) is 0 Å². The second-order valence-corrected chi connectivity index (χ2v) is 4.73. The van der Waals surface area contributed by atoms with Gasteiger partial charge in [-0.3, -0.25) is 0 Å². The minimum Gasteiger partial charge on any atom is -0.496 e. The van der Waals surface area contributed by atoms with Gasteiger partial charge in [0.2, 0.25) is 0 Å². The molecule has 1 unspecified atom stereocenters. The number of hydrogen-bond acceptors (Lipinski definition) is 3. The van der Waals surface area contributed by atoms with Crippen molar-refractivity contribution in [1.82, 2.24) is 5.32 Å². The molecule has 1 heterocycles. The maximum absolute atomic E-state index is 5.86. The molecule has 1 aromatic heterocycles. The van der Waals surface area contributed by atoms with Crippen LogP contribution in [0.15, 0.2) is 34.7 Å². The lowest BCUT2D eigenvalue weighted by atomic mass is 10.0. The molecule has 1 aromatic carbocycles. The van der Waals surface area contributed by atoms with Gasteiger partial charge in [-0.15, -0.1) is 0 Å². The summed E-state index contributed by atoms with van der Waals surface area (Å²) in [6, 6.07) is 9.77. The van der Waals surface area contributed by atoms with Crippen molar-refractivity contribution < 1.29 is 9.15 Å². The normalized spacial score (nSPS) is 12.4. The molecule has 19 heavy (non-hydrogen) atoms. The van der Waals surface area contributed by atoms with Crippen molar-refractivity contribution in [2.24, 2.45) is 0 Å². The van der Waals surface area contributed by atoms with Crippen molar-refractivity contribution in [2.75, 3.05) is 13.7 Å². The number of rotatable bonds is 5. The molecule has 0 saturated heterocycles. The van der Waals surface area contributed by atoms with Gasteiger partial charge in [-0.2, -0.15) is 0 Å². The molecule has 3 nitrogen and oxygen atoms in total. The Morgan fingerprint density at radius 2 is 2.11 bits per heavy atom. The molecule has 102 valence electrons. The van der Waals surface area contributed by atoms with E-state index in [0.29, 0.717) is 5.22 Å². The SMILES string of the molecule is CCNC(c1ccc(OC)c(C)c1)c1ccc(Cl)o1. The molecule has 0 aliphatic rings. The van der Waals surface area contributed by atoms with Crippen LogP contribution in [-0.2, 0) is 0 Å². The first-order valence-corrected chi connectivity index (χ1v) is 6.66. The molecule has 0 saturated carbocycles. The minimum atomic E-state index is 0.00195. The first-order valence-electron chi connectivity index (χ1n) is 6.29. The highest BCUT2D eigenvalue weighted by molar-refractivity contribution is 6.28. The molecular weight excluding hydrogens is 262 g/mol. The average molecular weight is 280 g/mol. The van der Waals surface area contributed by atoms with Crippen molar-refractivity contribution in [3.63, 3.8) is 0 Å². The summed E-state index contributed by atoms with van der Waals surface area (Å²) >= 11 is 5.86. The van der Waals surface area contributed by atoms with Crippen LogP contribution >= 0.6 is 11.6 Å². The van der Waals surface area contributed by atoms with Crippen molar-refractivity contribution in [3.8, 4) is 5.75 Å². The summed E-state index contributed by atoms with van der Waals surface area (Å²) < 4.78 is 10.8. The fourth-order valence-electron chi connectivity index (χ4n) is 2.15. The molecular formula is C15H18ClNO2. The van der Waals surface area contributed by atoms with E-state index in [0.717, 1.165) is 29.2 Å². The molecule has 1 N–H and O–H groups in total. The van der Waals surface area contributed by atoms with Crippen LogP contribution in [0.2, 0.25) is 5.22 Å². The summed E-state index contributed by atoms with van der Waals surface area (Å²) in [4.78, 5) is 0. The van der Waals surface area contributed by atoms with Crippen molar-refractivity contribution >= 4 is 11.6 Å². The first kappa shape index (κ1) is 14.0. The molecule has 0 aliphatic carbocycles. The highest BCUT2D eigenvalue weighted by Crippen LogP contribution is 2.29. The maximum Gasteiger partial charge on any atom is 0.193 e. The summed E-state index contributed by atoms with van der Waals surface area (Å²) in [5, 5.41) is 3.81. The maximum atomic E-state index is 5.86. The molecule has 4 heteroatoms. The smallest absolute Gasteiger partial charge is 0.193 e. The fraction of sp³-hybridized carbons (Fsp3) is 0.333. The van der Waals surface area contributed by atoms with E-state index in [-0.39, 0.29) is 6.04 Å². The van der Waals surface area contributed by atoms with Gasteiger partial charge in [-0.25, -0.2) is 0 Å². The van der Waals surface area contributed by atoms with Crippen molar-refractivity contribution in [2.45, 2.75) is 19.9 Å². The van der Waals surface area contributed by atoms with Crippen LogP contribution in [0, 0.1) is 6.92 Å². The largest absolute Gasteiger partial charge is 0.496 e. The van der Waals surface area contributed by atoms with E-state index in [1.54, 1.807) is 13.2 Å². The Morgan fingerprint density at radius 1 is 1.32 bits per heavy atom. The molecule has 0 radical (unpaired) electrons. The number of methoxy groups -OCH3 is 1. The summed E-state index contributed by atoms with van der Waals surface area (Å²) in [7, 11) is 1.68. The molecule has 0 amide bonds. The van der Waals surface area contributed by atoms with E-state index in [1.807, 2.05) is 25.1 Å². The third-order valence-electron chi connectivity index (χ3n) is 3.04. The molecule has 2 aromatic rings. The predicted octanol–water partition coefficient (Wildman–Crippen LogP) is 3.95. The van der Waals surface area contributed by atoms with Gasteiger partial charge in [0.25, 0.3) is 0 Å². The lowest BCUT2D eigenvalue weighted by molar-refractivity contribution is 0.410. The van der Waals surface area contributed by atoms with Crippen LogP contribution in [0.25, 0.3) is 0 Å². The molecule has 1 atom stereocenters. The predicted molar refractivity (Wildman–Crippen MR) is 77.0 cm³/mol. The highest BCUT2D eigenvalue weighted by atomic mass is 35.5. The van der Waals surface area contributed by atoms with Gasteiger partial charge in [-0.05, 0) is 54.4 Å². The number of ether oxygens (including phenoxy) is 1. The van der Waals surface area contributed by atoms with E-state index in [1.165, 1.54) is 0 Å². The molecule has 2 rings (SSSR count). The minimum absolute atomic E-state index is 0.00195. The second-order valence-electron chi connectivity index (χ2n) is 4.36. The van der Waals surface area contributed by atoms with Crippen molar-refractivity contribution in [3.05, 3.63) is 52.4 Å². The summed E-state index contributed by atoms with van der Waals surface area (Å²) in [6.07, 6.45) is 0. The van der Waals surface area contributed by atoms with Crippen LogP contribution in [0.4, 0.5) is 0 Å².